The lowest BCUT2D eigenvalue weighted by molar-refractivity contribution is -0.120. The molecular weight excluding hydrogens is 264 g/mol. The van der Waals surface area contributed by atoms with Crippen molar-refractivity contribution in [3.05, 3.63) is 35.9 Å². The van der Waals surface area contributed by atoms with Crippen LogP contribution >= 0.6 is 0 Å². The first-order chi connectivity index (χ1) is 8.94. The van der Waals surface area contributed by atoms with Crippen LogP contribution in [0.1, 0.15) is 25.3 Å². The third-order valence-corrected chi connectivity index (χ3v) is 4.11. The van der Waals surface area contributed by atoms with Crippen LogP contribution in [0.4, 0.5) is 0 Å². The van der Waals surface area contributed by atoms with Gasteiger partial charge in [0.15, 0.2) is 0 Å². The highest BCUT2D eigenvalue weighted by Gasteiger charge is 2.19. The predicted molar refractivity (Wildman–Crippen MR) is 75.0 cm³/mol. The zero-order valence-electron chi connectivity index (χ0n) is 11.0. The van der Waals surface area contributed by atoms with Gasteiger partial charge in [-0.15, -0.1) is 0 Å². The first-order valence-electron chi connectivity index (χ1n) is 6.28. The molecule has 19 heavy (non-hydrogen) atoms. The summed E-state index contributed by atoms with van der Waals surface area (Å²) in [5.74, 6) is -0.700. The summed E-state index contributed by atoms with van der Waals surface area (Å²) in [5.41, 5.74) is 6.76. The van der Waals surface area contributed by atoms with Gasteiger partial charge in [0.25, 0.3) is 0 Å². The molecule has 0 unspecified atom stereocenters. The highest BCUT2D eigenvalue weighted by Crippen LogP contribution is 2.04. The summed E-state index contributed by atoms with van der Waals surface area (Å²) in [7, 11) is -3.54. The Morgan fingerprint density at radius 1 is 1.32 bits per heavy atom. The summed E-state index contributed by atoms with van der Waals surface area (Å²) in [4.78, 5) is 11.6. The van der Waals surface area contributed by atoms with E-state index < -0.39 is 22.0 Å². The van der Waals surface area contributed by atoms with Gasteiger partial charge in [0, 0.05) is 0 Å². The number of nitrogens with two attached hydrogens (primary N) is 1. The summed E-state index contributed by atoms with van der Waals surface area (Å²) in [6.45, 7) is 1.74. The number of rotatable bonds is 7. The SMILES string of the molecule is CCCS(=O)(=O)NC(=O)[C@@H](N)CCc1ccccc1. The van der Waals surface area contributed by atoms with E-state index in [0.29, 0.717) is 19.3 Å². The lowest BCUT2D eigenvalue weighted by Gasteiger charge is -2.12. The van der Waals surface area contributed by atoms with Crippen LogP contribution in [0, 0.1) is 0 Å². The number of carbonyl (C=O) groups is 1. The van der Waals surface area contributed by atoms with Crippen LogP contribution in [0.3, 0.4) is 0 Å². The Morgan fingerprint density at radius 2 is 1.95 bits per heavy atom. The van der Waals surface area contributed by atoms with Gasteiger partial charge >= 0.3 is 0 Å². The Balaban J connectivity index is 2.45. The number of amides is 1. The molecule has 1 rings (SSSR count). The average molecular weight is 284 g/mol. The molecule has 1 atom stereocenters. The molecule has 1 amide bonds. The molecule has 0 saturated heterocycles. The van der Waals surface area contributed by atoms with Crippen LogP contribution in [0.15, 0.2) is 30.3 Å². The van der Waals surface area contributed by atoms with E-state index in [1.807, 2.05) is 35.1 Å². The van der Waals surface area contributed by atoms with Crippen molar-refractivity contribution in [3.8, 4) is 0 Å². The average Bonchev–Trinajstić information content (AvgIpc) is 2.36. The van der Waals surface area contributed by atoms with Gasteiger partial charge in [0.2, 0.25) is 15.9 Å². The first kappa shape index (κ1) is 15.7. The Bertz CT molecular complexity index is 500. The molecule has 3 N–H and O–H groups in total. The molecule has 0 aliphatic rings. The van der Waals surface area contributed by atoms with Crippen LogP contribution < -0.4 is 10.5 Å². The van der Waals surface area contributed by atoms with Gasteiger partial charge < -0.3 is 5.73 Å². The molecule has 0 aromatic heterocycles. The molecule has 0 aliphatic heterocycles. The third-order valence-electron chi connectivity index (χ3n) is 2.65. The smallest absolute Gasteiger partial charge is 0.250 e. The van der Waals surface area contributed by atoms with E-state index in [4.69, 9.17) is 5.73 Å². The van der Waals surface area contributed by atoms with E-state index in [9.17, 15) is 13.2 Å². The maximum absolute atomic E-state index is 11.6. The fourth-order valence-electron chi connectivity index (χ4n) is 1.65. The van der Waals surface area contributed by atoms with Gasteiger partial charge in [-0.25, -0.2) is 8.42 Å². The summed E-state index contributed by atoms with van der Waals surface area (Å²) >= 11 is 0. The number of hydrogen-bond acceptors (Lipinski definition) is 4. The van der Waals surface area contributed by atoms with Crippen molar-refractivity contribution in [3.63, 3.8) is 0 Å². The second-order valence-corrected chi connectivity index (χ2v) is 6.26. The van der Waals surface area contributed by atoms with Gasteiger partial charge in [-0.05, 0) is 24.8 Å². The topological polar surface area (TPSA) is 89.3 Å². The standard InChI is InChI=1S/C13H20N2O3S/c1-2-10-19(17,18)15-13(16)12(14)9-8-11-6-4-3-5-7-11/h3-7,12H,2,8-10,14H2,1H3,(H,15,16)/t12-/m0/s1. The third kappa shape index (κ3) is 5.85. The van der Waals surface area contributed by atoms with Crippen molar-refractivity contribution in [2.24, 2.45) is 5.73 Å². The van der Waals surface area contributed by atoms with E-state index in [0.717, 1.165) is 5.56 Å². The predicted octanol–water partition coefficient (Wildman–Crippen LogP) is 0.803. The largest absolute Gasteiger partial charge is 0.320 e. The van der Waals surface area contributed by atoms with E-state index in [1.165, 1.54) is 0 Å². The van der Waals surface area contributed by atoms with Gasteiger partial charge in [-0.1, -0.05) is 37.3 Å². The van der Waals surface area contributed by atoms with E-state index in [-0.39, 0.29) is 5.75 Å². The monoisotopic (exact) mass is 284 g/mol. The maximum atomic E-state index is 11.6. The molecular formula is C13H20N2O3S. The Hall–Kier alpha value is -1.40. The second kappa shape index (κ2) is 7.25. The Morgan fingerprint density at radius 3 is 2.53 bits per heavy atom. The van der Waals surface area contributed by atoms with Crippen LogP contribution in [0.2, 0.25) is 0 Å². The molecule has 6 heteroatoms. The van der Waals surface area contributed by atoms with E-state index in [2.05, 4.69) is 0 Å². The normalized spacial score (nSPS) is 12.9. The minimum atomic E-state index is -3.54. The van der Waals surface area contributed by atoms with Crippen molar-refractivity contribution >= 4 is 15.9 Å². The molecule has 0 spiro atoms. The fourth-order valence-corrected chi connectivity index (χ4v) is 2.74. The first-order valence-corrected chi connectivity index (χ1v) is 7.93. The number of hydrogen-bond donors (Lipinski definition) is 2. The van der Waals surface area contributed by atoms with Crippen molar-refractivity contribution < 1.29 is 13.2 Å². The number of nitrogens with one attached hydrogen (secondary N) is 1. The van der Waals surface area contributed by atoms with E-state index >= 15 is 0 Å². The van der Waals surface area contributed by atoms with Crippen molar-refractivity contribution in [2.45, 2.75) is 32.2 Å². The highest BCUT2D eigenvalue weighted by atomic mass is 32.2. The summed E-state index contributed by atoms with van der Waals surface area (Å²) in [6.07, 6.45) is 1.52. The van der Waals surface area contributed by atoms with Crippen molar-refractivity contribution in [1.29, 1.82) is 0 Å². The molecule has 0 saturated carbocycles. The zero-order valence-corrected chi connectivity index (χ0v) is 11.8. The number of benzene rings is 1. The molecule has 5 nitrogen and oxygen atoms in total. The Kier molecular flexibility index (Phi) is 5.98. The molecule has 1 aromatic rings. The van der Waals surface area contributed by atoms with Crippen LogP contribution in [0.25, 0.3) is 0 Å². The zero-order chi connectivity index (χ0) is 14.3. The minimum absolute atomic E-state index is 0.0653. The molecule has 1 aromatic carbocycles. The quantitative estimate of drug-likeness (QED) is 0.775. The van der Waals surface area contributed by atoms with Crippen molar-refractivity contribution in [2.75, 3.05) is 5.75 Å². The molecule has 106 valence electrons. The lowest BCUT2D eigenvalue weighted by atomic mass is 10.1. The fraction of sp³-hybridized carbons (Fsp3) is 0.462. The minimum Gasteiger partial charge on any atom is -0.320 e. The summed E-state index contributed by atoms with van der Waals surface area (Å²) < 4.78 is 24.9. The summed E-state index contributed by atoms with van der Waals surface area (Å²) in [5, 5.41) is 0. The summed E-state index contributed by atoms with van der Waals surface area (Å²) in [6, 6.07) is 8.80. The number of sulfonamides is 1. The molecule has 0 radical (unpaired) electrons. The highest BCUT2D eigenvalue weighted by molar-refractivity contribution is 7.90. The van der Waals surface area contributed by atoms with Crippen LogP contribution in [-0.2, 0) is 21.2 Å². The van der Waals surface area contributed by atoms with E-state index in [1.54, 1.807) is 6.92 Å². The number of aryl methyl sites for hydroxylation is 1. The maximum Gasteiger partial charge on any atom is 0.250 e. The Labute approximate surface area is 114 Å². The van der Waals surface area contributed by atoms with Gasteiger partial charge in [0.1, 0.15) is 0 Å². The van der Waals surface area contributed by atoms with Crippen LogP contribution in [0.5, 0.6) is 0 Å². The molecule has 0 aliphatic carbocycles. The van der Waals surface area contributed by atoms with Gasteiger partial charge in [-0.3, -0.25) is 9.52 Å². The molecule has 0 heterocycles. The second-order valence-electron chi connectivity index (χ2n) is 4.42. The van der Waals surface area contributed by atoms with Crippen molar-refractivity contribution in [1.82, 2.24) is 4.72 Å². The lowest BCUT2D eigenvalue weighted by Crippen LogP contribution is -2.44. The molecule has 0 bridgehead atoms. The van der Waals surface area contributed by atoms with Gasteiger partial charge in [-0.2, -0.15) is 0 Å². The van der Waals surface area contributed by atoms with Gasteiger partial charge in [0.05, 0.1) is 11.8 Å². The number of carbonyl (C=O) groups excluding carboxylic acids is 1. The van der Waals surface area contributed by atoms with Crippen LogP contribution in [-0.4, -0.2) is 26.1 Å². The molecule has 0 fully saturated rings.